The molecule has 0 bridgehead atoms. The fourth-order valence-corrected chi connectivity index (χ4v) is 3.61. The number of aromatic hydroxyl groups is 1. The molecule has 2 aromatic carbocycles. The summed E-state index contributed by atoms with van der Waals surface area (Å²) in [5, 5.41) is 10.4. The smallest absolute Gasteiger partial charge is 0.450 e. The summed E-state index contributed by atoms with van der Waals surface area (Å²) in [6.45, 7) is 1.59. The first-order valence-electron chi connectivity index (χ1n) is 10.4. The van der Waals surface area contributed by atoms with Gasteiger partial charge in [-0.1, -0.05) is 12.1 Å². The maximum absolute atomic E-state index is 14.1. The van der Waals surface area contributed by atoms with Gasteiger partial charge in [0.1, 0.15) is 17.1 Å². The molecule has 0 radical (unpaired) electrons. The molecule has 7 nitrogen and oxygen atoms in total. The number of nitrogens with zero attached hydrogens (tertiary/aromatic N) is 1. The summed E-state index contributed by atoms with van der Waals surface area (Å²) in [5.74, 6) is -1.27. The zero-order valence-electron chi connectivity index (χ0n) is 19.1. The highest BCUT2D eigenvalue weighted by Crippen LogP contribution is 2.39. The number of hydrogen-bond donors (Lipinski definition) is 1. The van der Waals surface area contributed by atoms with Crippen LogP contribution in [-0.2, 0) is 22.2 Å². The topological polar surface area (TPSA) is 81.4 Å². The molecule has 3 aromatic rings. The number of hydrogen-bond acceptors (Lipinski definition) is 7. The van der Waals surface area contributed by atoms with Gasteiger partial charge in [0.05, 0.1) is 36.8 Å². The minimum absolute atomic E-state index is 0.0258. The fourth-order valence-electron chi connectivity index (χ4n) is 3.61. The van der Waals surface area contributed by atoms with Crippen molar-refractivity contribution in [3.05, 3.63) is 57.9 Å². The van der Waals surface area contributed by atoms with Crippen molar-refractivity contribution in [2.24, 2.45) is 0 Å². The van der Waals surface area contributed by atoms with Crippen LogP contribution < -0.4 is 10.2 Å². The molecule has 0 saturated carbocycles. The van der Waals surface area contributed by atoms with E-state index in [1.165, 1.54) is 57.7 Å². The number of ether oxygens (including phenoxy) is 3. The van der Waals surface area contributed by atoms with Crippen LogP contribution in [0.4, 0.5) is 13.2 Å². The Labute approximate surface area is 194 Å². The fraction of sp³-hybridized carbons (Fsp3) is 0.375. The molecule has 0 aliphatic rings. The first-order chi connectivity index (χ1) is 16.2. The molecule has 0 fully saturated rings. The number of fused-ring (bicyclic) bond motifs is 1. The Balaban J connectivity index is 2.22. The lowest BCUT2D eigenvalue weighted by Gasteiger charge is -2.23. The summed E-state index contributed by atoms with van der Waals surface area (Å²) in [5.41, 5.74) is -1.64. The molecule has 184 valence electrons. The molecule has 1 heterocycles. The molecule has 1 aromatic heterocycles. The largest absolute Gasteiger partial charge is 0.507 e. The van der Waals surface area contributed by atoms with E-state index in [4.69, 9.17) is 18.6 Å². The number of alkyl halides is 3. The van der Waals surface area contributed by atoms with E-state index in [2.05, 4.69) is 0 Å². The second-order valence-electron chi connectivity index (χ2n) is 7.56. The van der Waals surface area contributed by atoms with Crippen molar-refractivity contribution in [3.8, 4) is 22.6 Å². The zero-order valence-corrected chi connectivity index (χ0v) is 19.1. The number of phenols is 1. The van der Waals surface area contributed by atoms with Gasteiger partial charge >= 0.3 is 6.18 Å². The van der Waals surface area contributed by atoms with Gasteiger partial charge < -0.3 is 23.7 Å². The van der Waals surface area contributed by atoms with Crippen LogP contribution in [0.1, 0.15) is 11.3 Å². The standard InChI is InChI=1S/C24H26F3NO6/c1-31-12-10-28(11-13-32-2)14-18-19(29)9-8-17-21(30)20(15-4-6-16(33-3)7-5-15)23(24(25,26)27)34-22(17)18/h4-9,29H,10-14H2,1-3H3. The Morgan fingerprint density at radius 2 is 1.59 bits per heavy atom. The van der Waals surface area contributed by atoms with Crippen LogP contribution >= 0.6 is 0 Å². The van der Waals surface area contributed by atoms with Crippen molar-refractivity contribution in [2.75, 3.05) is 47.6 Å². The average Bonchev–Trinajstić information content (AvgIpc) is 2.81. The highest BCUT2D eigenvalue weighted by molar-refractivity contribution is 5.86. The lowest BCUT2D eigenvalue weighted by molar-refractivity contribution is -0.152. The first kappa shape index (κ1) is 25.5. The predicted octanol–water partition coefficient (Wildman–Crippen LogP) is 4.29. The first-order valence-corrected chi connectivity index (χ1v) is 10.4. The highest BCUT2D eigenvalue weighted by atomic mass is 19.4. The van der Waals surface area contributed by atoms with Gasteiger partial charge in [0, 0.05) is 33.9 Å². The molecule has 10 heteroatoms. The normalized spacial score (nSPS) is 12.0. The third-order valence-corrected chi connectivity index (χ3v) is 5.38. The Kier molecular flexibility index (Phi) is 8.19. The summed E-state index contributed by atoms with van der Waals surface area (Å²) in [4.78, 5) is 15.1. The van der Waals surface area contributed by atoms with Crippen molar-refractivity contribution in [2.45, 2.75) is 12.7 Å². The maximum Gasteiger partial charge on any atom is 0.450 e. The molecule has 0 aliphatic heterocycles. The van der Waals surface area contributed by atoms with E-state index < -0.39 is 22.9 Å². The monoisotopic (exact) mass is 481 g/mol. The van der Waals surface area contributed by atoms with E-state index in [0.29, 0.717) is 32.1 Å². The van der Waals surface area contributed by atoms with Gasteiger partial charge in [0.25, 0.3) is 0 Å². The van der Waals surface area contributed by atoms with E-state index in [1.54, 1.807) is 0 Å². The average molecular weight is 481 g/mol. The van der Waals surface area contributed by atoms with E-state index >= 15 is 0 Å². The summed E-state index contributed by atoms with van der Waals surface area (Å²) in [6.07, 6.45) is -4.95. The van der Waals surface area contributed by atoms with E-state index in [0.717, 1.165) is 0 Å². The molecule has 0 saturated heterocycles. The van der Waals surface area contributed by atoms with E-state index in [9.17, 15) is 23.1 Å². The van der Waals surface area contributed by atoms with Crippen molar-refractivity contribution in [3.63, 3.8) is 0 Å². The van der Waals surface area contributed by atoms with Crippen LogP contribution in [0, 0.1) is 0 Å². The van der Waals surface area contributed by atoms with Gasteiger partial charge in [-0.25, -0.2) is 0 Å². The molecule has 0 amide bonds. The lowest BCUT2D eigenvalue weighted by Crippen LogP contribution is -2.30. The Morgan fingerprint density at radius 3 is 2.12 bits per heavy atom. The van der Waals surface area contributed by atoms with Crippen LogP contribution in [0.5, 0.6) is 11.5 Å². The van der Waals surface area contributed by atoms with Crippen molar-refractivity contribution in [1.82, 2.24) is 4.90 Å². The van der Waals surface area contributed by atoms with Gasteiger partial charge in [0.2, 0.25) is 11.2 Å². The summed E-state index contributed by atoms with van der Waals surface area (Å²) < 4.78 is 62.8. The van der Waals surface area contributed by atoms with Crippen LogP contribution in [0.3, 0.4) is 0 Å². The van der Waals surface area contributed by atoms with Crippen LogP contribution in [0.15, 0.2) is 45.6 Å². The highest BCUT2D eigenvalue weighted by Gasteiger charge is 2.40. The number of halogens is 3. The molecule has 34 heavy (non-hydrogen) atoms. The molecule has 0 spiro atoms. The summed E-state index contributed by atoms with van der Waals surface area (Å²) in [6, 6.07) is 8.21. The van der Waals surface area contributed by atoms with Crippen molar-refractivity contribution >= 4 is 11.0 Å². The zero-order chi connectivity index (χ0) is 24.9. The molecular weight excluding hydrogens is 455 g/mol. The molecule has 0 unspecified atom stereocenters. The van der Waals surface area contributed by atoms with Gasteiger partial charge in [0.15, 0.2) is 0 Å². The number of phenolic OH excluding ortho intramolecular Hbond substituents is 1. The quantitative estimate of drug-likeness (QED) is 0.463. The minimum atomic E-state index is -4.95. The Morgan fingerprint density at radius 1 is 0.971 bits per heavy atom. The van der Waals surface area contributed by atoms with Crippen LogP contribution in [-0.4, -0.2) is 57.6 Å². The van der Waals surface area contributed by atoms with Gasteiger partial charge in [-0.3, -0.25) is 9.69 Å². The lowest BCUT2D eigenvalue weighted by atomic mass is 10.00. The third-order valence-electron chi connectivity index (χ3n) is 5.38. The van der Waals surface area contributed by atoms with Crippen LogP contribution in [0.25, 0.3) is 22.1 Å². The summed E-state index contributed by atoms with van der Waals surface area (Å²) in [7, 11) is 4.48. The van der Waals surface area contributed by atoms with Crippen molar-refractivity contribution < 1.29 is 36.9 Å². The van der Waals surface area contributed by atoms with Gasteiger partial charge in [-0.05, 0) is 29.8 Å². The van der Waals surface area contributed by atoms with Crippen molar-refractivity contribution in [1.29, 1.82) is 0 Å². The number of benzene rings is 2. The SMILES string of the molecule is COCCN(CCOC)Cc1c(O)ccc2c(=O)c(-c3ccc(OC)cc3)c(C(F)(F)F)oc12. The Bertz CT molecular complexity index is 1170. The molecule has 0 aliphatic carbocycles. The van der Waals surface area contributed by atoms with E-state index in [-0.39, 0.29) is 34.4 Å². The summed E-state index contributed by atoms with van der Waals surface area (Å²) >= 11 is 0. The maximum atomic E-state index is 14.1. The molecular formula is C24H26F3NO6. The molecule has 0 atom stereocenters. The second-order valence-corrected chi connectivity index (χ2v) is 7.56. The number of rotatable bonds is 10. The number of methoxy groups -OCH3 is 3. The molecule has 3 rings (SSSR count). The van der Waals surface area contributed by atoms with Gasteiger partial charge in [-0.2, -0.15) is 13.2 Å². The Hall–Kier alpha value is -3.08. The third kappa shape index (κ3) is 5.52. The molecule has 1 N–H and O–H groups in total. The predicted molar refractivity (Wildman–Crippen MR) is 120 cm³/mol. The second kappa shape index (κ2) is 10.9. The van der Waals surface area contributed by atoms with E-state index in [1.807, 2.05) is 4.90 Å². The van der Waals surface area contributed by atoms with Gasteiger partial charge in [-0.15, -0.1) is 0 Å². The minimum Gasteiger partial charge on any atom is -0.507 e. The van der Waals surface area contributed by atoms with Crippen LogP contribution in [0.2, 0.25) is 0 Å².